The molecule has 0 radical (unpaired) electrons. The maximum absolute atomic E-state index is 5.08. The van der Waals surface area contributed by atoms with Crippen molar-refractivity contribution in [3.8, 4) is 0 Å². The Balaban J connectivity index is 3.13. The van der Waals surface area contributed by atoms with E-state index in [2.05, 4.69) is 0 Å². The molecule has 0 atom stereocenters. The van der Waals surface area contributed by atoms with Crippen molar-refractivity contribution in [3.63, 3.8) is 0 Å². The lowest BCUT2D eigenvalue weighted by atomic mass is 10.4. The van der Waals surface area contributed by atoms with Crippen LogP contribution in [0.1, 0.15) is 20.3 Å². The summed E-state index contributed by atoms with van der Waals surface area (Å²) in [6.45, 7) is 4.52. The highest BCUT2D eigenvalue weighted by Crippen LogP contribution is 1.88. The van der Waals surface area contributed by atoms with Crippen molar-refractivity contribution in [1.29, 1.82) is 0 Å². The standard InChI is InChI=1S/C10H16O2/c1-3-7-11-9-5-6-10-12-8-4-2/h3-5,7-9H,6,10H2,1-2H3/b7-3+,8-4+,9-5+. The Morgan fingerprint density at radius 1 is 1.00 bits per heavy atom. The molecule has 12 heavy (non-hydrogen) atoms. The van der Waals surface area contributed by atoms with Gasteiger partial charge in [0.15, 0.2) is 0 Å². The molecule has 0 unspecified atom stereocenters. The van der Waals surface area contributed by atoms with Crippen LogP contribution in [0.5, 0.6) is 0 Å². The van der Waals surface area contributed by atoms with E-state index in [9.17, 15) is 0 Å². The van der Waals surface area contributed by atoms with Gasteiger partial charge in [-0.15, -0.1) is 0 Å². The molecule has 0 N–H and O–H groups in total. The van der Waals surface area contributed by atoms with Gasteiger partial charge < -0.3 is 9.47 Å². The molecule has 0 aromatic rings. The Labute approximate surface area is 74.2 Å². The smallest absolute Gasteiger partial charge is 0.0908 e. The number of hydrogen-bond donors (Lipinski definition) is 0. The highest BCUT2D eigenvalue weighted by atomic mass is 16.5. The molecule has 0 aromatic carbocycles. The van der Waals surface area contributed by atoms with E-state index >= 15 is 0 Å². The summed E-state index contributed by atoms with van der Waals surface area (Å²) in [5.74, 6) is 0. The fourth-order valence-corrected chi connectivity index (χ4v) is 0.548. The van der Waals surface area contributed by atoms with Crippen LogP contribution in [0.25, 0.3) is 0 Å². The minimum absolute atomic E-state index is 0.694. The number of ether oxygens (including phenoxy) is 2. The summed E-state index contributed by atoms with van der Waals surface area (Å²) in [6, 6.07) is 0. The van der Waals surface area contributed by atoms with Crippen molar-refractivity contribution in [2.75, 3.05) is 6.61 Å². The van der Waals surface area contributed by atoms with E-state index in [-0.39, 0.29) is 0 Å². The van der Waals surface area contributed by atoms with Gasteiger partial charge in [-0.2, -0.15) is 0 Å². The van der Waals surface area contributed by atoms with Crippen molar-refractivity contribution >= 4 is 0 Å². The third-order valence-electron chi connectivity index (χ3n) is 1.02. The minimum atomic E-state index is 0.694. The summed E-state index contributed by atoms with van der Waals surface area (Å²) in [5.41, 5.74) is 0. The molecule has 0 aromatic heterocycles. The normalized spacial score (nSPS) is 11.8. The molecular formula is C10H16O2. The van der Waals surface area contributed by atoms with Gasteiger partial charge in [0.25, 0.3) is 0 Å². The molecule has 2 heteroatoms. The van der Waals surface area contributed by atoms with Crippen molar-refractivity contribution in [1.82, 2.24) is 0 Å². The van der Waals surface area contributed by atoms with Crippen molar-refractivity contribution in [3.05, 3.63) is 37.0 Å². The molecule has 0 saturated heterocycles. The SMILES string of the molecule is C/C=C/O/C=C/CCO/C=C/C. The van der Waals surface area contributed by atoms with Crippen molar-refractivity contribution in [2.24, 2.45) is 0 Å². The first-order valence-corrected chi connectivity index (χ1v) is 4.06. The lowest BCUT2D eigenvalue weighted by Gasteiger charge is -1.94. The Hall–Kier alpha value is -1.18. The van der Waals surface area contributed by atoms with Crippen LogP contribution in [-0.2, 0) is 9.47 Å². The van der Waals surface area contributed by atoms with Gasteiger partial charge in [0.1, 0.15) is 0 Å². The molecule has 0 spiro atoms. The molecule has 0 aliphatic heterocycles. The van der Waals surface area contributed by atoms with Crippen molar-refractivity contribution < 1.29 is 9.47 Å². The molecule has 0 rings (SSSR count). The predicted octanol–water partition coefficient (Wildman–Crippen LogP) is 2.99. The lowest BCUT2D eigenvalue weighted by Crippen LogP contribution is -1.83. The first-order valence-electron chi connectivity index (χ1n) is 4.06. The maximum atomic E-state index is 5.08. The van der Waals surface area contributed by atoms with E-state index in [1.807, 2.05) is 32.1 Å². The van der Waals surface area contributed by atoms with E-state index in [4.69, 9.17) is 9.47 Å². The maximum Gasteiger partial charge on any atom is 0.0908 e. The summed E-state index contributed by atoms with van der Waals surface area (Å²) in [6.07, 6.45) is 11.4. The summed E-state index contributed by atoms with van der Waals surface area (Å²) >= 11 is 0. The zero-order valence-corrected chi connectivity index (χ0v) is 7.69. The van der Waals surface area contributed by atoms with Gasteiger partial charge in [-0.3, -0.25) is 0 Å². The predicted molar refractivity (Wildman–Crippen MR) is 50.4 cm³/mol. The first-order chi connectivity index (χ1) is 5.91. The lowest BCUT2D eigenvalue weighted by molar-refractivity contribution is 0.254. The summed E-state index contributed by atoms with van der Waals surface area (Å²) < 4.78 is 10.0. The monoisotopic (exact) mass is 168 g/mol. The van der Waals surface area contributed by atoms with Crippen LogP contribution < -0.4 is 0 Å². The Morgan fingerprint density at radius 2 is 1.75 bits per heavy atom. The minimum Gasteiger partial charge on any atom is -0.501 e. The number of hydrogen-bond acceptors (Lipinski definition) is 2. The van der Waals surface area contributed by atoms with Gasteiger partial charge in [-0.25, -0.2) is 0 Å². The third kappa shape index (κ3) is 8.82. The second-order valence-corrected chi connectivity index (χ2v) is 2.11. The van der Waals surface area contributed by atoms with Gasteiger partial charge in [-0.05, 0) is 19.9 Å². The van der Waals surface area contributed by atoms with Crippen LogP contribution in [0.2, 0.25) is 0 Å². The van der Waals surface area contributed by atoms with Crippen molar-refractivity contribution in [2.45, 2.75) is 20.3 Å². The fraction of sp³-hybridized carbons (Fsp3) is 0.400. The van der Waals surface area contributed by atoms with Gasteiger partial charge >= 0.3 is 0 Å². The van der Waals surface area contributed by atoms with E-state index < -0.39 is 0 Å². The Bertz CT molecular complexity index is 157. The molecule has 68 valence electrons. The zero-order chi connectivity index (χ0) is 9.07. The quantitative estimate of drug-likeness (QED) is 0.448. The molecule has 0 bridgehead atoms. The molecule has 0 aliphatic rings. The number of allylic oxidation sites excluding steroid dienone is 2. The van der Waals surface area contributed by atoms with E-state index in [0.29, 0.717) is 6.61 Å². The summed E-state index contributed by atoms with van der Waals surface area (Å²) in [5, 5.41) is 0. The highest BCUT2D eigenvalue weighted by molar-refractivity contribution is 4.77. The first kappa shape index (κ1) is 10.8. The zero-order valence-electron chi connectivity index (χ0n) is 7.69. The third-order valence-corrected chi connectivity index (χ3v) is 1.02. The van der Waals surface area contributed by atoms with Gasteiger partial charge in [0.05, 0.1) is 25.4 Å². The number of rotatable bonds is 6. The molecule has 0 aliphatic carbocycles. The summed E-state index contributed by atoms with van der Waals surface area (Å²) in [4.78, 5) is 0. The van der Waals surface area contributed by atoms with Gasteiger partial charge in [0.2, 0.25) is 0 Å². The molecule has 0 fully saturated rings. The largest absolute Gasteiger partial charge is 0.501 e. The van der Waals surface area contributed by atoms with Crippen LogP contribution in [-0.4, -0.2) is 6.61 Å². The average Bonchev–Trinajstić information content (AvgIpc) is 2.10. The average molecular weight is 168 g/mol. The van der Waals surface area contributed by atoms with Gasteiger partial charge in [-0.1, -0.05) is 12.2 Å². The van der Waals surface area contributed by atoms with E-state index in [1.165, 1.54) is 0 Å². The highest BCUT2D eigenvalue weighted by Gasteiger charge is 1.77. The van der Waals surface area contributed by atoms with Crippen LogP contribution in [0.4, 0.5) is 0 Å². The van der Waals surface area contributed by atoms with E-state index in [0.717, 1.165) is 6.42 Å². The molecular weight excluding hydrogens is 152 g/mol. The van der Waals surface area contributed by atoms with Crippen LogP contribution in [0.3, 0.4) is 0 Å². The van der Waals surface area contributed by atoms with Crippen LogP contribution in [0, 0.1) is 0 Å². The molecule has 0 amide bonds. The molecule has 0 saturated carbocycles. The summed E-state index contributed by atoms with van der Waals surface area (Å²) in [7, 11) is 0. The van der Waals surface area contributed by atoms with Crippen LogP contribution >= 0.6 is 0 Å². The van der Waals surface area contributed by atoms with Gasteiger partial charge in [0, 0.05) is 6.42 Å². The Morgan fingerprint density at radius 3 is 2.42 bits per heavy atom. The second-order valence-electron chi connectivity index (χ2n) is 2.11. The van der Waals surface area contributed by atoms with E-state index in [1.54, 1.807) is 18.8 Å². The fourth-order valence-electron chi connectivity index (χ4n) is 0.548. The van der Waals surface area contributed by atoms with Crippen LogP contribution in [0.15, 0.2) is 37.0 Å². The Kier molecular flexibility index (Phi) is 8.85. The topological polar surface area (TPSA) is 18.5 Å². The second kappa shape index (κ2) is 9.82. The molecule has 0 heterocycles. The molecule has 2 nitrogen and oxygen atoms in total.